The van der Waals surface area contributed by atoms with Gasteiger partial charge in [-0.3, -0.25) is 9.59 Å². The quantitative estimate of drug-likeness (QED) is 0.576. The maximum Gasteiger partial charge on any atom is 0.226 e. The summed E-state index contributed by atoms with van der Waals surface area (Å²) in [5.41, 5.74) is 5.04. The summed E-state index contributed by atoms with van der Waals surface area (Å²) in [6.07, 6.45) is 1.09. The highest BCUT2D eigenvalue weighted by molar-refractivity contribution is 5.96. The van der Waals surface area contributed by atoms with Crippen LogP contribution >= 0.6 is 0 Å². The van der Waals surface area contributed by atoms with E-state index in [1.54, 1.807) is 7.11 Å². The van der Waals surface area contributed by atoms with Crippen molar-refractivity contribution in [1.29, 1.82) is 0 Å². The Morgan fingerprint density at radius 2 is 1.66 bits per heavy atom. The van der Waals surface area contributed by atoms with Crippen LogP contribution in [0, 0.1) is 0 Å². The van der Waals surface area contributed by atoms with Gasteiger partial charge in [0.05, 0.1) is 30.9 Å². The molecule has 6 heteroatoms. The molecule has 0 aromatic heterocycles. The second-order valence-electron chi connectivity index (χ2n) is 7.83. The number of para-hydroxylation sites is 3. The zero-order chi connectivity index (χ0) is 22.5. The second kappa shape index (κ2) is 9.56. The summed E-state index contributed by atoms with van der Waals surface area (Å²) in [7, 11) is 1.60. The maximum absolute atomic E-state index is 13.0. The molecule has 1 aliphatic rings. The minimum atomic E-state index is -0.432. The first-order valence-electron chi connectivity index (χ1n) is 10.7. The van der Waals surface area contributed by atoms with E-state index in [-0.39, 0.29) is 18.2 Å². The molecule has 1 atom stereocenters. The second-order valence-corrected chi connectivity index (χ2v) is 7.83. The lowest BCUT2D eigenvalue weighted by molar-refractivity contribution is -0.120. The Labute approximate surface area is 188 Å². The summed E-state index contributed by atoms with van der Waals surface area (Å²) >= 11 is 0. The number of nitrogens with one attached hydrogen (secondary N) is 2. The average molecular weight is 430 g/mol. The third-order valence-corrected chi connectivity index (χ3v) is 5.64. The number of fused-ring (bicyclic) bond motifs is 1. The molecular formula is C26H27N3O3. The lowest BCUT2D eigenvalue weighted by Crippen LogP contribution is -2.30. The number of hydrogen-bond donors (Lipinski definition) is 2. The molecule has 6 nitrogen and oxygen atoms in total. The van der Waals surface area contributed by atoms with Crippen LogP contribution in [0.25, 0.3) is 0 Å². The molecule has 1 heterocycles. The van der Waals surface area contributed by atoms with Gasteiger partial charge < -0.3 is 20.3 Å². The van der Waals surface area contributed by atoms with Crippen molar-refractivity contribution < 1.29 is 14.3 Å². The number of rotatable bonds is 7. The Bertz CT molecular complexity index is 1110. The van der Waals surface area contributed by atoms with Crippen molar-refractivity contribution in [3.8, 4) is 5.75 Å². The molecule has 0 unspecified atom stereocenters. The minimum absolute atomic E-state index is 0.122. The van der Waals surface area contributed by atoms with Gasteiger partial charge in [-0.05, 0) is 47.9 Å². The molecular weight excluding hydrogens is 402 g/mol. The highest BCUT2D eigenvalue weighted by atomic mass is 16.5. The molecule has 2 amide bonds. The lowest BCUT2D eigenvalue weighted by Gasteiger charge is -2.24. The van der Waals surface area contributed by atoms with Gasteiger partial charge in [-0.1, -0.05) is 42.5 Å². The average Bonchev–Trinajstić information content (AvgIpc) is 3.23. The van der Waals surface area contributed by atoms with Crippen LogP contribution in [-0.4, -0.2) is 25.5 Å². The van der Waals surface area contributed by atoms with Crippen LogP contribution in [0.5, 0.6) is 5.75 Å². The standard InChI is InChI=1S/C26H27N3O3/c1-18(30)27-23(19-11-13-21(32-2)14-12-19)17-26(31)28-22-8-4-6-10-25(22)29-16-15-20-7-3-5-9-24(20)29/h3-14,23H,15-17H2,1-2H3,(H,27,30)(H,28,31)/t23-/m1/s1. The topological polar surface area (TPSA) is 70.7 Å². The van der Waals surface area contributed by atoms with Gasteiger partial charge in [0, 0.05) is 19.2 Å². The zero-order valence-corrected chi connectivity index (χ0v) is 18.3. The number of ether oxygens (including phenoxy) is 1. The van der Waals surface area contributed by atoms with Crippen LogP contribution in [0.2, 0.25) is 0 Å². The number of hydrogen-bond acceptors (Lipinski definition) is 4. The van der Waals surface area contributed by atoms with Crippen LogP contribution in [0.4, 0.5) is 17.1 Å². The molecule has 1 aliphatic heterocycles. The molecule has 3 aromatic rings. The van der Waals surface area contributed by atoms with Gasteiger partial charge >= 0.3 is 0 Å². The van der Waals surface area contributed by atoms with E-state index in [4.69, 9.17) is 4.74 Å². The van der Waals surface area contributed by atoms with Crippen LogP contribution in [0.3, 0.4) is 0 Å². The third-order valence-electron chi connectivity index (χ3n) is 5.64. The van der Waals surface area contributed by atoms with Gasteiger partial charge in [-0.2, -0.15) is 0 Å². The molecule has 0 bridgehead atoms. The monoisotopic (exact) mass is 429 g/mol. The predicted octanol–water partition coefficient (Wildman–Crippen LogP) is 4.60. The molecule has 0 saturated carbocycles. The Hall–Kier alpha value is -3.80. The summed E-state index contributed by atoms with van der Waals surface area (Å²) in [5, 5.41) is 5.94. The lowest BCUT2D eigenvalue weighted by atomic mass is 10.0. The Morgan fingerprint density at radius 1 is 0.969 bits per heavy atom. The Kier molecular flexibility index (Phi) is 6.40. The highest BCUT2D eigenvalue weighted by Crippen LogP contribution is 2.38. The third kappa shape index (κ3) is 4.75. The van der Waals surface area contributed by atoms with Crippen LogP contribution in [0.15, 0.2) is 72.8 Å². The van der Waals surface area contributed by atoms with Crippen molar-refractivity contribution >= 4 is 28.9 Å². The molecule has 0 fully saturated rings. The maximum atomic E-state index is 13.0. The molecule has 0 saturated heterocycles. The van der Waals surface area contributed by atoms with Crippen molar-refractivity contribution in [2.45, 2.75) is 25.8 Å². The van der Waals surface area contributed by atoms with E-state index in [1.807, 2.05) is 54.6 Å². The summed E-state index contributed by atoms with van der Waals surface area (Å²) < 4.78 is 5.21. The van der Waals surface area contributed by atoms with Gasteiger partial charge in [0.1, 0.15) is 5.75 Å². The van der Waals surface area contributed by atoms with E-state index in [9.17, 15) is 9.59 Å². The van der Waals surface area contributed by atoms with E-state index in [2.05, 4.69) is 33.7 Å². The van der Waals surface area contributed by atoms with Crippen molar-refractivity contribution in [1.82, 2.24) is 5.32 Å². The van der Waals surface area contributed by atoms with Crippen LogP contribution in [0.1, 0.15) is 30.5 Å². The molecule has 3 aromatic carbocycles. The first kappa shape index (κ1) is 21.4. The van der Waals surface area contributed by atoms with Gasteiger partial charge in [-0.25, -0.2) is 0 Å². The van der Waals surface area contributed by atoms with Crippen molar-refractivity contribution in [3.05, 3.63) is 83.9 Å². The van der Waals surface area contributed by atoms with Gasteiger partial charge in [0.25, 0.3) is 0 Å². The Morgan fingerprint density at radius 3 is 2.38 bits per heavy atom. The first-order valence-corrected chi connectivity index (χ1v) is 10.7. The normalized spacial score (nSPS) is 13.2. The molecule has 0 spiro atoms. The SMILES string of the molecule is COc1ccc([C@@H](CC(=O)Nc2ccccc2N2CCc3ccccc32)NC(C)=O)cc1. The summed E-state index contributed by atoms with van der Waals surface area (Å²) in [6, 6.07) is 23.1. The van der Waals surface area contributed by atoms with Crippen LogP contribution in [-0.2, 0) is 16.0 Å². The summed E-state index contributed by atoms with van der Waals surface area (Å²) in [5.74, 6) is 0.367. The summed E-state index contributed by atoms with van der Waals surface area (Å²) in [4.78, 5) is 27.0. The molecule has 164 valence electrons. The number of benzene rings is 3. The molecule has 4 rings (SSSR count). The number of nitrogens with zero attached hydrogens (tertiary/aromatic N) is 1. The van der Waals surface area contributed by atoms with E-state index in [1.165, 1.54) is 18.2 Å². The fourth-order valence-electron chi connectivity index (χ4n) is 4.12. The number of anilines is 3. The van der Waals surface area contributed by atoms with E-state index < -0.39 is 6.04 Å². The van der Waals surface area contributed by atoms with Gasteiger partial charge in [0.15, 0.2) is 0 Å². The number of carbonyl (C=O) groups is 2. The van der Waals surface area contributed by atoms with Crippen molar-refractivity contribution in [2.75, 3.05) is 23.9 Å². The minimum Gasteiger partial charge on any atom is -0.497 e. The smallest absolute Gasteiger partial charge is 0.226 e. The number of carbonyl (C=O) groups excluding carboxylic acids is 2. The molecule has 0 aliphatic carbocycles. The highest BCUT2D eigenvalue weighted by Gasteiger charge is 2.23. The Balaban J connectivity index is 1.52. The van der Waals surface area contributed by atoms with Gasteiger partial charge in [0.2, 0.25) is 11.8 Å². The van der Waals surface area contributed by atoms with Crippen molar-refractivity contribution in [2.24, 2.45) is 0 Å². The predicted molar refractivity (Wildman–Crippen MR) is 126 cm³/mol. The van der Waals surface area contributed by atoms with E-state index >= 15 is 0 Å². The fraction of sp³-hybridized carbons (Fsp3) is 0.231. The van der Waals surface area contributed by atoms with Gasteiger partial charge in [-0.15, -0.1) is 0 Å². The number of amides is 2. The first-order chi connectivity index (χ1) is 15.5. The molecule has 32 heavy (non-hydrogen) atoms. The van der Waals surface area contributed by atoms with E-state index in [0.29, 0.717) is 0 Å². The zero-order valence-electron chi connectivity index (χ0n) is 18.3. The van der Waals surface area contributed by atoms with Crippen LogP contribution < -0.4 is 20.3 Å². The largest absolute Gasteiger partial charge is 0.497 e. The summed E-state index contributed by atoms with van der Waals surface area (Å²) in [6.45, 7) is 2.32. The fourth-order valence-corrected chi connectivity index (χ4v) is 4.12. The molecule has 0 radical (unpaired) electrons. The number of methoxy groups -OCH3 is 1. The van der Waals surface area contributed by atoms with E-state index in [0.717, 1.165) is 35.7 Å². The van der Waals surface area contributed by atoms with Crippen molar-refractivity contribution in [3.63, 3.8) is 0 Å². The molecule has 2 N–H and O–H groups in total.